The van der Waals surface area contributed by atoms with Crippen LogP contribution in [0.3, 0.4) is 0 Å². The van der Waals surface area contributed by atoms with Gasteiger partial charge < -0.3 is 49.2 Å². The SMILES string of the molecule is CCCCCCCCCCCCCCCC(=O)OC1C(OC2OC(CO)C(O)C(OSOOO)C2O)OC(CO)C(O)C1OC(=O)C(C)=C[C@@H](C)C[C@@H](C)C[C@@H](C)CCC. The second-order valence-electron chi connectivity index (χ2n) is 16.9. The Bertz CT molecular complexity index is 1180. The molecule has 2 aliphatic rings. The summed E-state index contributed by atoms with van der Waals surface area (Å²) < 4.78 is 38.6. The lowest BCUT2D eigenvalue weighted by molar-refractivity contribution is -0.435. The Morgan fingerprint density at radius 3 is 1.78 bits per heavy atom. The van der Waals surface area contributed by atoms with Crippen molar-refractivity contribution in [2.75, 3.05) is 13.2 Å². The Morgan fingerprint density at radius 1 is 0.683 bits per heavy atom. The molecule has 0 aromatic carbocycles. The van der Waals surface area contributed by atoms with Crippen LogP contribution in [0.2, 0.25) is 0 Å². The monoisotopic (exact) mass is 883 g/mol. The normalized spacial score (nSPS) is 28.9. The van der Waals surface area contributed by atoms with Gasteiger partial charge in [0, 0.05) is 12.0 Å². The molecule has 0 radical (unpaired) electrons. The zero-order valence-corrected chi connectivity index (χ0v) is 37.7. The first-order chi connectivity index (χ1) is 28.8. The molecule has 0 bridgehead atoms. The van der Waals surface area contributed by atoms with E-state index in [0.29, 0.717) is 18.3 Å². The van der Waals surface area contributed by atoms with Crippen molar-refractivity contribution in [3.63, 3.8) is 0 Å². The van der Waals surface area contributed by atoms with Crippen LogP contribution in [0.1, 0.15) is 157 Å². The van der Waals surface area contributed by atoms with Crippen LogP contribution in [-0.4, -0.2) is 117 Å². The fourth-order valence-corrected chi connectivity index (χ4v) is 8.58. The van der Waals surface area contributed by atoms with E-state index >= 15 is 0 Å². The fraction of sp³-hybridized carbons (Fsp3) is 0.907. The third-order valence-electron chi connectivity index (χ3n) is 11.3. The van der Waals surface area contributed by atoms with Gasteiger partial charge in [-0.15, -0.1) is 4.33 Å². The van der Waals surface area contributed by atoms with E-state index in [9.17, 15) is 35.1 Å². The van der Waals surface area contributed by atoms with Crippen molar-refractivity contribution >= 4 is 24.3 Å². The number of carbonyl (C=O) groups excluding carboxylic acids is 2. The molecule has 60 heavy (non-hydrogen) atoms. The Kier molecular flexibility index (Phi) is 28.6. The molecule has 10 unspecified atom stereocenters. The third-order valence-corrected chi connectivity index (χ3v) is 11.7. The summed E-state index contributed by atoms with van der Waals surface area (Å²) in [6.07, 6.45) is 4.45. The highest BCUT2D eigenvalue weighted by Gasteiger charge is 2.54. The zero-order chi connectivity index (χ0) is 44.5. The predicted octanol–water partition coefficient (Wildman–Crippen LogP) is 6.63. The van der Waals surface area contributed by atoms with E-state index in [4.69, 9.17) is 33.1 Å². The van der Waals surface area contributed by atoms with E-state index in [1.54, 1.807) is 13.0 Å². The van der Waals surface area contributed by atoms with Crippen molar-refractivity contribution in [3.05, 3.63) is 11.6 Å². The van der Waals surface area contributed by atoms with Crippen LogP contribution < -0.4 is 0 Å². The van der Waals surface area contributed by atoms with Crippen LogP contribution in [-0.2, 0) is 46.8 Å². The van der Waals surface area contributed by atoms with Gasteiger partial charge in [0.2, 0.25) is 6.29 Å². The van der Waals surface area contributed by atoms with Crippen molar-refractivity contribution in [2.45, 2.75) is 219 Å². The van der Waals surface area contributed by atoms with E-state index in [2.05, 4.69) is 37.1 Å². The van der Waals surface area contributed by atoms with Crippen LogP contribution in [0.15, 0.2) is 11.6 Å². The lowest BCUT2D eigenvalue weighted by atomic mass is 9.87. The highest BCUT2D eigenvalue weighted by atomic mass is 32.2. The molecular weight excluding hydrogens is 805 g/mol. The Morgan fingerprint density at radius 2 is 1.23 bits per heavy atom. The number of esters is 2. The molecule has 17 heteroatoms. The van der Waals surface area contributed by atoms with Gasteiger partial charge in [0.15, 0.2) is 30.8 Å². The second kappa shape index (κ2) is 31.4. The summed E-state index contributed by atoms with van der Waals surface area (Å²) in [5, 5.41) is 65.3. The number of ether oxygens (including phenoxy) is 5. The van der Waals surface area contributed by atoms with Gasteiger partial charge in [-0.25, -0.2) is 10.1 Å². The molecule has 0 amide bonds. The van der Waals surface area contributed by atoms with Crippen LogP contribution >= 0.6 is 12.3 Å². The first-order valence-electron chi connectivity index (χ1n) is 22.4. The number of carbonyl (C=O) groups is 2. The number of aliphatic hydroxyl groups is 5. The summed E-state index contributed by atoms with van der Waals surface area (Å²) in [6.45, 7) is 10.9. The molecule has 2 heterocycles. The smallest absolute Gasteiger partial charge is 0.333 e. The summed E-state index contributed by atoms with van der Waals surface area (Å²) in [7, 11) is 0. The minimum absolute atomic E-state index is 0.00801. The lowest BCUT2D eigenvalue weighted by Gasteiger charge is -2.46. The second-order valence-corrected chi connectivity index (χ2v) is 17.4. The van der Waals surface area contributed by atoms with Gasteiger partial charge in [0.25, 0.3) is 0 Å². The Balaban J connectivity index is 2.21. The number of hydrogen-bond acceptors (Lipinski definition) is 17. The highest BCUT2D eigenvalue weighted by Crippen LogP contribution is 2.34. The molecule has 6 N–H and O–H groups in total. The summed E-state index contributed by atoms with van der Waals surface area (Å²) in [5.41, 5.74) is 0.266. The molecule has 16 nitrogen and oxygen atoms in total. The number of aliphatic hydroxyl groups excluding tert-OH is 5. The van der Waals surface area contributed by atoms with Crippen molar-refractivity contribution in [3.8, 4) is 0 Å². The minimum Gasteiger partial charge on any atom is -0.453 e. The number of allylic oxidation sites excluding steroid dienone is 1. The maximum Gasteiger partial charge on any atom is 0.333 e. The van der Waals surface area contributed by atoms with Crippen LogP contribution in [0.5, 0.6) is 0 Å². The Hall–Kier alpha value is -1.45. The molecule has 2 fully saturated rings. The molecule has 0 spiro atoms. The van der Waals surface area contributed by atoms with Crippen LogP contribution in [0, 0.1) is 17.8 Å². The van der Waals surface area contributed by atoms with Crippen molar-refractivity contribution in [1.29, 1.82) is 0 Å². The van der Waals surface area contributed by atoms with E-state index in [1.807, 2.05) is 6.92 Å². The molecule has 2 saturated heterocycles. The van der Waals surface area contributed by atoms with Gasteiger partial charge in [-0.1, -0.05) is 136 Å². The average molecular weight is 883 g/mol. The minimum atomic E-state index is -1.82. The quantitative estimate of drug-likeness (QED) is 0.0104. The standard InChI is InChI=1S/C43H78O16S/c1-7-9-10-11-12-13-14-15-16-17-18-19-20-22-34(46)54-40-39(55-41(50)31(6)25-30(5)24-29(4)23-28(3)21-8-2)36(48)33(27-45)53-43(40)56-42-37(49)38(57-60-59-58-51)35(47)32(26-44)52-42/h25,28-30,32-33,35-40,42-45,47-49,51H,7-24,26-27H2,1-6H3/t28-,29-,30-,32?,33?,35?,36?,37?,38?,39?,40?,42?,43?/m0/s1. The number of rotatable bonds is 32. The van der Waals surface area contributed by atoms with Crippen molar-refractivity contribution < 1.29 is 77.6 Å². The molecule has 2 rings (SSSR count). The van der Waals surface area contributed by atoms with E-state index in [-0.39, 0.29) is 30.2 Å². The first-order valence-corrected chi connectivity index (χ1v) is 23.1. The largest absolute Gasteiger partial charge is 0.453 e. The van der Waals surface area contributed by atoms with Crippen LogP contribution in [0.4, 0.5) is 0 Å². The van der Waals surface area contributed by atoms with Gasteiger partial charge in [0.05, 0.1) is 13.2 Å². The molecule has 352 valence electrons. The van der Waals surface area contributed by atoms with Gasteiger partial charge in [-0.2, -0.15) is 0 Å². The molecule has 0 saturated carbocycles. The fourth-order valence-electron chi connectivity index (χ4n) is 8.20. The summed E-state index contributed by atoms with van der Waals surface area (Å²) in [4.78, 5) is 27.1. The summed E-state index contributed by atoms with van der Waals surface area (Å²) >= 11 is 0.0671. The van der Waals surface area contributed by atoms with Crippen LogP contribution in [0.25, 0.3) is 0 Å². The zero-order valence-electron chi connectivity index (χ0n) is 36.9. The molecule has 13 atom stereocenters. The third kappa shape index (κ3) is 19.9. The summed E-state index contributed by atoms with van der Waals surface area (Å²) in [6, 6.07) is 0. The lowest BCUT2D eigenvalue weighted by Crippen LogP contribution is -2.65. The maximum absolute atomic E-state index is 13.6. The topological polar surface area (TPSA) is 229 Å². The molecular formula is C43H78O16S. The number of hydrogen-bond donors (Lipinski definition) is 6. The van der Waals surface area contributed by atoms with Gasteiger partial charge in [0.1, 0.15) is 36.6 Å². The van der Waals surface area contributed by atoms with E-state index < -0.39 is 86.6 Å². The number of unbranched alkanes of at least 4 members (excludes halogenated alkanes) is 12. The van der Waals surface area contributed by atoms with E-state index in [0.717, 1.165) is 51.4 Å². The first kappa shape index (κ1) is 54.7. The molecule has 2 aliphatic heterocycles. The van der Waals surface area contributed by atoms with E-state index in [1.165, 1.54) is 51.4 Å². The maximum atomic E-state index is 13.6. The molecule has 0 aromatic rings. The van der Waals surface area contributed by atoms with Gasteiger partial charge in [-0.05, 0) is 43.9 Å². The predicted molar refractivity (Wildman–Crippen MR) is 223 cm³/mol. The Labute approximate surface area is 362 Å². The highest BCUT2D eigenvalue weighted by molar-refractivity contribution is 7.89. The molecule has 0 aromatic heterocycles. The van der Waals surface area contributed by atoms with Gasteiger partial charge in [-0.3, -0.25) is 8.98 Å². The van der Waals surface area contributed by atoms with Gasteiger partial charge >= 0.3 is 11.9 Å². The average Bonchev–Trinajstić information content (AvgIpc) is 3.20. The van der Waals surface area contributed by atoms with Crippen molar-refractivity contribution in [2.24, 2.45) is 17.8 Å². The van der Waals surface area contributed by atoms with Crippen molar-refractivity contribution in [1.82, 2.24) is 0 Å². The molecule has 0 aliphatic carbocycles. The summed E-state index contributed by atoms with van der Waals surface area (Å²) in [5.74, 6) is -0.437.